The van der Waals surface area contributed by atoms with Gasteiger partial charge in [0.05, 0.1) is 23.9 Å². The first kappa shape index (κ1) is 16.6. The van der Waals surface area contributed by atoms with Crippen LogP contribution in [0, 0.1) is 17.2 Å². The van der Waals surface area contributed by atoms with Gasteiger partial charge in [0.1, 0.15) is 5.52 Å². The minimum atomic E-state index is -0.253. The van der Waals surface area contributed by atoms with E-state index in [0.29, 0.717) is 24.0 Å². The third-order valence-electron chi connectivity index (χ3n) is 3.62. The molecule has 1 aromatic carbocycles. The Morgan fingerprint density at radius 3 is 2.87 bits per heavy atom. The van der Waals surface area contributed by atoms with E-state index in [0.717, 1.165) is 0 Å². The number of nitriles is 1. The van der Waals surface area contributed by atoms with E-state index in [1.54, 1.807) is 36.1 Å². The van der Waals surface area contributed by atoms with Crippen molar-refractivity contribution < 1.29 is 4.79 Å². The highest BCUT2D eigenvalue weighted by Gasteiger charge is 2.15. The van der Waals surface area contributed by atoms with Crippen molar-refractivity contribution in [1.29, 1.82) is 5.26 Å². The van der Waals surface area contributed by atoms with Gasteiger partial charge in [-0.25, -0.2) is 4.68 Å². The first-order valence-electron chi connectivity index (χ1n) is 7.56. The van der Waals surface area contributed by atoms with Gasteiger partial charge in [-0.15, -0.1) is 5.10 Å². The van der Waals surface area contributed by atoms with Gasteiger partial charge in [-0.05, 0) is 26.0 Å². The number of fused-ring (bicyclic) bond motifs is 1. The maximum Gasteiger partial charge on any atom is 0.277 e. The molecule has 0 aliphatic heterocycles. The lowest BCUT2D eigenvalue weighted by atomic mass is 10.2. The van der Waals surface area contributed by atoms with Crippen molar-refractivity contribution in [3.8, 4) is 6.07 Å². The molecular formula is C16H19N5O2. The van der Waals surface area contributed by atoms with Gasteiger partial charge >= 0.3 is 0 Å². The lowest BCUT2D eigenvalue weighted by Gasteiger charge is -2.21. The Balaban J connectivity index is 2.08. The highest BCUT2D eigenvalue weighted by Crippen LogP contribution is 2.05. The predicted molar refractivity (Wildman–Crippen MR) is 85.4 cm³/mol. The van der Waals surface area contributed by atoms with Gasteiger partial charge in [0.15, 0.2) is 0 Å². The highest BCUT2D eigenvalue weighted by molar-refractivity contribution is 5.77. The monoisotopic (exact) mass is 313 g/mol. The molecule has 2 rings (SSSR count). The molecule has 23 heavy (non-hydrogen) atoms. The first-order chi connectivity index (χ1) is 11.1. The molecule has 1 aromatic heterocycles. The Bertz CT molecular complexity index is 793. The van der Waals surface area contributed by atoms with Crippen molar-refractivity contribution in [2.45, 2.75) is 26.8 Å². The van der Waals surface area contributed by atoms with E-state index >= 15 is 0 Å². The number of carbonyl (C=O) groups excluding carboxylic acids is 1. The van der Waals surface area contributed by atoms with E-state index in [9.17, 15) is 9.59 Å². The van der Waals surface area contributed by atoms with Gasteiger partial charge in [0.2, 0.25) is 5.91 Å². The number of aryl methyl sites for hydroxylation is 1. The van der Waals surface area contributed by atoms with Gasteiger partial charge < -0.3 is 4.90 Å². The molecule has 7 heteroatoms. The van der Waals surface area contributed by atoms with Gasteiger partial charge in [0.25, 0.3) is 5.56 Å². The molecule has 2 aromatic rings. The zero-order valence-electron chi connectivity index (χ0n) is 13.3. The van der Waals surface area contributed by atoms with Gasteiger partial charge in [-0.1, -0.05) is 17.3 Å². The highest BCUT2D eigenvalue weighted by atomic mass is 16.2. The average molecular weight is 313 g/mol. The number of carbonyl (C=O) groups is 1. The van der Waals surface area contributed by atoms with E-state index in [-0.39, 0.29) is 30.3 Å². The van der Waals surface area contributed by atoms with Crippen molar-refractivity contribution in [3.05, 3.63) is 34.6 Å². The fraction of sp³-hybridized carbons (Fsp3) is 0.438. The van der Waals surface area contributed by atoms with Crippen LogP contribution >= 0.6 is 0 Å². The topological polar surface area (TPSA) is 91.9 Å². The summed E-state index contributed by atoms with van der Waals surface area (Å²) in [5, 5.41) is 17.2. The van der Waals surface area contributed by atoms with E-state index in [2.05, 4.69) is 16.4 Å². The molecule has 1 heterocycles. The molecule has 0 aliphatic carbocycles. The van der Waals surface area contributed by atoms with Gasteiger partial charge in [0, 0.05) is 19.5 Å². The molecule has 0 saturated heterocycles. The number of hydrogen-bond donors (Lipinski definition) is 0. The third-order valence-corrected chi connectivity index (χ3v) is 3.62. The fourth-order valence-electron chi connectivity index (χ4n) is 2.31. The summed E-state index contributed by atoms with van der Waals surface area (Å²) in [5.41, 5.74) is 0.287. The smallest absolute Gasteiger partial charge is 0.277 e. The molecule has 0 spiro atoms. The van der Waals surface area contributed by atoms with Crippen molar-refractivity contribution in [2.75, 3.05) is 13.1 Å². The van der Waals surface area contributed by atoms with Crippen LogP contribution in [-0.2, 0) is 11.3 Å². The maximum absolute atomic E-state index is 12.3. The SMILES string of the molecule is CCN(C[C@H](C)C#N)C(=O)CCn1nnc2ccccc2c1=O. The van der Waals surface area contributed by atoms with Crippen LogP contribution in [0.2, 0.25) is 0 Å². The molecule has 0 unspecified atom stereocenters. The summed E-state index contributed by atoms with van der Waals surface area (Å²) < 4.78 is 1.21. The number of amides is 1. The second-order valence-corrected chi connectivity index (χ2v) is 5.35. The molecule has 0 bridgehead atoms. The quantitative estimate of drug-likeness (QED) is 0.798. The number of nitrogens with zero attached hydrogens (tertiary/aromatic N) is 5. The zero-order chi connectivity index (χ0) is 16.8. The van der Waals surface area contributed by atoms with Gasteiger partial charge in [-0.2, -0.15) is 5.26 Å². The molecule has 0 radical (unpaired) electrons. The Hall–Kier alpha value is -2.75. The minimum Gasteiger partial charge on any atom is -0.342 e. The van der Waals surface area contributed by atoms with E-state index in [1.165, 1.54) is 4.68 Å². The number of aromatic nitrogens is 3. The summed E-state index contributed by atoms with van der Waals surface area (Å²) in [7, 11) is 0. The largest absolute Gasteiger partial charge is 0.342 e. The van der Waals surface area contributed by atoms with Crippen LogP contribution in [0.4, 0.5) is 0 Å². The summed E-state index contributed by atoms with van der Waals surface area (Å²) >= 11 is 0. The molecule has 0 N–H and O–H groups in total. The standard InChI is InChI=1S/C16H19N5O2/c1-3-20(11-12(2)10-17)15(22)8-9-21-16(23)13-6-4-5-7-14(13)18-19-21/h4-7,12H,3,8-9,11H2,1-2H3/t12-/m1/s1. The molecule has 1 amide bonds. The Labute approximate surface area is 134 Å². The number of rotatable bonds is 6. The summed E-state index contributed by atoms with van der Waals surface area (Å²) in [5.74, 6) is -0.321. The van der Waals surface area contributed by atoms with Crippen molar-refractivity contribution in [2.24, 2.45) is 5.92 Å². The Kier molecular flexibility index (Phi) is 5.41. The lowest BCUT2D eigenvalue weighted by molar-refractivity contribution is -0.131. The zero-order valence-corrected chi connectivity index (χ0v) is 13.3. The van der Waals surface area contributed by atoms with E-state index in [1.807, 2.05) is 6.92 Å². The third kappa shape index (κ3) is 3.92. The summed E-state index contributed by atoms with van der Waals surface area (Å²) in [6, 6.07) is 9.09. The summed E-state index contributed by atoms with van der Waals surface area (Å²) in [4.78, 5) is 26.1. The second kappa shape index (κ2) is 7.49. The predicted octanol–water partition coefficient (Wildman–Crippen LogP) is 1.19. The normalized spacial score (nSPS) is 11.9. The lowest BCUT2D eigenvalue weighted by Crippen LogP contribution is -2.36. The van der Waals surface area contributed by atoms with Crippen molar-refractivity contribution in [1.82, 2.24) is 19.9 Å². The molecule has 0 aliphatic rings. The van der Waals surface area contributed by atoms with E-state index in [4.69, 9.17) is 5.26 Å². The molecule has 1 atom stereocenters. The summed E-state index contributed by atoms with van der Waals surface area (Å²) in [6.07, 6.45) is 0.152. The molecule has 7 nitrogen and oxygen atoms in total. The first-order valence-corrected chi connectivity index (χ1v) is 7.56. The van der Waals surface area contributed by atoms with Crippen molar-refractivity contribution in [3.63, 3.8) is 0 Å². The fourth-order valence-corrected chi connectivity index (χ4v) is 2.31. The van der Waals surface area contributed by atoms with Crippen LogP contribution in [0.25, 0.3) is 10.9 Å². The van der Waals surface area contributed by atoms with Gasteiger partial charge in [-0.3, -0.25) is 9.59 Å². The Morgan fingerprint density at radius 1 is 1.43 bits per heavy atom. The Morgan fingerprint density at radius 2 is 2.17 bits per heavy atom. The van der Waals surface area contributed by atoms with Crippen LogP contribution in [0.1, 0.15) is 20.3 Å². The molecular weight excluding hydrogens is 294 g/mol. The number of hydrogen-bond acceptors (Lipinski definition) is 5. The second-order valence-electron chi connectivity index (χ2n) is 5.35. The minimum absolute atomic E-state index is 0.101. The van der Waals surface area contributed by atoms with Crippen LogP contribution in [-0.4, -0.2) is 38.9 Å². The van der Waals surface area contributed by atoms with Crippen LogP contribution < -0.4 is 5.56 Å². The summed E-state index contributed by atoms with van der Waals surface area (Å²) in [6.45, 7) is 4.74. The molecule has 0 fully saturated rings. The number of benzene rings is 1. The van der Waals surface area contributed by atoms with Crippen LogP contribution in [0.3, 0.4) is 0 Å². The average Bonchev–Trinajstić information content (AvgIpc) is 2.58. The van der Waals surface area contributed by atoms with E-state index < -0.39 is 0 Å². The van der Waals surface area contributed by atoms with Crippen LogP contribution in [0.15, 0.2) is 29.1 Å². The molecule has 120 valence electrons. The van der Waals surface area contributed by atoms with Crippen molar-refractivity contribution >= 4 is 16.8 Å². The van der Waals surface area contributed by atoms with Crippen LogP contribution in [0.5, 0.6) is 0 Å². The maximum atomic E-state index is 12.3. The molecule has 0 saturated carbocycles.